The van der Waals surface area contributed by atoms with Gasteiger partial charge in [0, 0.05) is 36.7 Å². The number of methoxy groups -OCH3 is 2. The molecule has 0 aliphatic carbocycles. The molecule has 1 aromatic heterocycles. The lowest BCUT2D eigenvalue weighted by Gasteiger charge is -2.15. The summed E-state index contributed by atoms with van der Waals surface area (Å²) in [4.78, 5) is 4.37. The monoisotopic (exact) mass is 352 g/mol. The SMILES string of the molecule is COC(OC)c1cc(CC[CH]c2ccc(Cl)c(C)c2)ncc1Cl. The maximum Gasteiger partial charge on any atom is 0.184 e. The predicted molar refractivity (Wildman–Crippen MR) is 93.9 cm³/mol. The van der Waals surface area contributed by atoms with Crippen molar-refractivity contribution in [3.63, 3.8) is 0 Å². The summed E-state index contributed by atoms with van der Waals surface area (Å²) < 4.78 is 10.5. The van der Waals surface area contributed by atoms with Crippen LogP contribution in [0.15, 0.2) is 30.5 Å². The fraction of sp³-hybridized carbons (Fsp3) is 0.333. The molecule has 0 unspecified atom stereocenters. The fourth-order valence-electron chi connectivity index (χ4n) is 2.35. The van der Waals surface area contributed by atoms with Crippen molar-refractivity contribution in [3.05, 3.63) is 69.3 Å². The Bertz CT molecular complexity index is 657. The summed E-state index contributed by atoms with van der Waals surface area (Å²) in [6.07, 6.45) is 5.02. The van der Waals surface area contributed by atoms with E-state index in [1.54, 1.807) is 20.4 Å². The van der Waals surface area contributed by atoms with Crippen molar-refractivity contribution in [2.24, 2.45) is 0 Å². The molecule has 1 radical (unpaired) electrons. The van der Waals surface area contributed by atoms with Gasteiger partial charge in [-0.3, -0.25) is 4.98 Å². The van der Waals surface area contributed by atoms with Gasteiger partial charge in [-0.1, -0.05) is 35.3 Å². The molecule has 0 saturated carbocycles. The van der Waals surface area contributed by atoms with Gasteiger partial charge in [0.15, 0.2) is 6.29 Å². The molecule has 0 aliphatic heterocycles. The number of halogens is 2. The molecule has 0 aliphatic rings. The number of ether oxygens (including phenoxy) is 2. The Morgan fingerprint density at radius 1 is 1.13 bits per heavy atom. The van der Waals surface area contributed by atoms with Crippen molar-refractivity contribution in [2.75, 3.05) is 14.2 Å². The van der Waals surface area contributed by atoms with E-state index in [0.29, 0.717) is 5.02 Å². The number of nitrogens with zero attached hydrogens (tertiary/aromatic N) is 1. The number of aromatic nitrogens is 1. The van der Waals surface area contributed by atoms with Crippen LogP contribution in [-0.2, 0) is 15.9 Å². The van der Waals surface area contributed by atoms with E-state index in [0.717, 1.165) is 40.2 Å². The second kappa shape index (κ2) is 8.65. The number of hydrogen-bond donors (Lipinski definition) is 0. The lowest BCUT2D eigenvalue weighted by atomic mass is 10.0. The molecule has 0 amide bonds. The second-order valence-electron chi connectivity index (χ2n) is 5.25. The first-order valence-electron chi connectivity index (χ1n) is 7.34. The van der Waals surface area contributed by atoms with Gasteiger partial charge < -0.3 is 9.47 Å². The van der Waals surface area contributed by atoms with E-state index >= 15 is 0 Å². The molecule has 23 heavy (non-hydrogen) atoms. The zero-order valence-corrected chi connectivity index (χ0v) is 15.0. The van der Waals surface area contributed by atoms with Crippen molar-refractivity contribution >= 4 is 23.2 Å². The zero-order valence-electron chi connectivity index (χ0n) is 13.5. The summed E-state index contributed by atoms with van der Waals surface area (Å²) in [5, 5.41) is 1.33. The van der Waals surface area contributed by atoms with Crippen LogP contribution in [0, 0.1) is 13.3 Å². The second-order valence-corrected chi connectivity index (χ2v) is 6.07. The average molecular weight is 353 g/mol. The Kier molecular flexibility index (Phi) is 6.85. The van der Waals surface area contributed by atoms with Crippen molar-refractivity contribution < 1.29 is 9.47 Å². The minimum Gasteiger partial charge on any atom is -0.352 e. The van der Waals surface area contributed by atoms with Crippen LogP contribution >= 0.6 is 23.2 Å². The largest absolute Gasteiger partial charge is 0.352 e. The average Bonchev–Trinajstić information content (AvgIpc) is 2.54. The molecular weight excluding hydrogens is 333 g/mol. The number of rotatable bonds is 7. The predicted octanol–water partition coefficient (Wildman–Crippen LogP) is 5.17. The van der Waals surface area contributed by atoms with Gasteiger partial charge in [0.1, 0.15) is 0 Å². The number of pyridine rings is 1. The summed E-state index contributed by atoms with van der Waals surface area (Å²) in [5.74, 6) is 0. The summed E-state index contributed by atoms with van der Waals surface area (Å²) in [5.41, 5.74) is 3.98. The van der Waals surface area contributed by atoms with E-state index in [2.05, 4.69) is 17.5 Å². The van der Waals surface area contributed by atoms with Crippen molar-refractivity contribution in [1.29, 1.82) is 0 Å². The smallest absolute Gasteiger partial charge is 0.184 e. The fourth-order valence-corrected chi connectivity index (χ4v) is 2.66. The molecule has 0 bridgehead atoms. The van der Waals surface area contributed by atoms with Crippen molar-refractivity contribution in [2.45, 2.75) is 26.1 Å². The van der Waals surface area contributed by atoms with Crippen LogP contribution in [-0.4, -0.2) is 19.2 Å². The lowest BCUT2D eigenvalue weighted by molar-refractivity contribution is -0.106. The summed E-state index contributed by atoms with van der Waals surface area (Å²) >= 11 is 12.2. The van der Waals surface area contributed by atoms with Crippen molar-refractivity contribution in [3.8, 4) is 0 Å². The molecule has 0 saturated heterocycles. The third-order valence-corrected chi connectivity index (χ3v) is 4.33. The van der Waals surface area contributed by atoms with Gasteiger partial charge >= 0.3 is 0 Å². The molecule has 0 N–H and O–H groups in total. The Hall–Kier alpha value is -1.13. The van der Waals surface area contributed by atoms with E-state index in [9.17, 15) is 0 Å². The van der Waals surface area contributed by atoms with Gasteiger partial charge in [-0.05, 0) is 49.4 Å². The van der Waals surface area contributed by atoms with Crippen LogP contribution in [0.25, 0.3) is 0 Å². The van der Waals surface area contributed by atoms with E-state index < -0.39 is 6.29 Å². The van der Waals surface area contributed by atoms with E-state index in [1.165, 1.54) is 0 Å². The highest BCUT2D eigenvalue weighted by Crippen LogP contribution is 2.26. The first-order valence-corrected chi connectivity index (χ1v) is 8.10. The molecule has 3 nitrogen and oxygen atoms in total. The minimum absolute atomic E-state index is 0.479. The van der Waals surface area contributed by atoms with Gasteiger partial charge in [0.25, 0.3) is 0 Å². The Morgan fingerprint density at radius 2 is 1.87 bits per heavy atom. The highest BCUT2D eigenvalue weighted by molar-refractivity contribution is 6.31. The summed E-state index contributed by atoms with van der Waals surface area (Å²) in [6, 6.07) is 7.95. The molecule has 0 fully saturated rings. The normalized spacial score (nSPS) is 11.2. The molecule has 5 heteroatoms. The number of benzene rings is 1. The molecule has 123 valence electrons. The Balaban J connectivity index is 2.00. The van der Waals surface area contributed by atoms with Gasteiger partial charge in [-0.25, -0.2) is 0 Å². The molecule has 2 aromatic rings. The summed E-state index contributed by atoms with van der Waals surface area (Å²) in [6.45, 7) is 2.00. The third kappa shape index (κ3) is 4.92. The highest BCUT2D eigenvalue weighted by atomic mass is 35.5. The molecule has 0 spiro atoms. The molecular formula is C18H20Cl2NO2. The van der Waals surface area contributed by atoms with E-state index in [1.807, 2.05) is 25.1 Å². The van der Waals surface area contributed by atoms with Gasteiger partial charge in [0.05, 0.1) is 5.02 Å². The van der Waals surface area contributed by atoms with Gasteiger partial charge in [-0.15, -0.1) is 0 Å². The molecule has 2 rings (SSSR count). The quantitative estimate of drug-likeness (QED) is 0.643. The highest BCUT2D eigenvalue weighted by Gasteiger charge is 2.14. The van der Waals surface area contributed by atoms with Crippen LogP contribution < -0.4 is 0 Å². The van der Waals surface area contributed by atoms with Crippen LogP contribution in [0.4, 0.5) is 0 Å². The number of hydrogen-bond acceptors (Lipinski definition) is 3. The van der Waals surface area contributed by atoms with E-state index in [-0.39, 0.29) is 0 Å². The number of aryl methyl sites for hydroxylation is 2. The topological polar surface area (TPSA) is 31.4 Å². The summed E-state index contributed by atoms with van der Waals surface area (Å²) in [7, 11) is 3.17. The van der Waals surface area contributed by atoms with Crippen LogP contribution in [0.1, 0.15) is 35.1 Å². The van der Waals surface area contributed by atoms with Gasteiger partial charge in [-0.2, -0.15) is 0 Å². The Labute approximate surface area is 147 Å². The van der Waals surface area contributed by atoms with E-state index in [4.69, 9.17) is 32.7 Å². The molecule has 1 aromatic carbocycles. The zero-order chi connectivity index (χ0) is 16.8. The Morgan fingerprint density at radius 3 is 2.52 bits per heavy atom. The third-order valence-electron chi connectivity index (χ3n) is 3.59. The van der Waals surface area contributed by atoms with Crippen LogP contribution in [0.2, 0.25) is 10.0 Å². The maximum absolute atomic E-state index is 6.17. The standard InChI is InChI=1S/C18H20Cl2NO2/c1-12-9-13(7-8-16(12)19)5-4-6-14-10-15(17(20)11-21-14)18(22-2)23-3/h5,7-11,18H,4,6H2,1-3H3. The maximum atomic E-state index is 6.17. The first kappa shape index (κ1) is 18.2. The van der Waals surface area contributed by atoms with Crippen molar-refractivity contribution in [1.82, 2.24) is 4.98 Å². The molecule has 1 heterocycles. The van der Waals surface area contributed by atoms with Crippen LogP contribution in [0.3, 0.4) is 0 Å². The first-order chi connectivity index (χ1) is 11.0. The lowest BCUT2D eigenvalue weighted by Crippen LogP contribution is -2.06. The van der Waals surface area contributed by atoms with Gasteiger partial charge in [0.2, 0.25) is 0 Å². The minimum atomic E-state index is -0.479. The van der Waals surface area contributed by atoms with Crippen LogP contribution in [0.5, 0.6) is 0 Å². The molecule has 0 atom stereocenters.